The maximum atomic E-state index is 15.2. The highest BCUT2D eigenvalue weighted by Gasteiger charge is 2.49. The van der Waals surface area contributed by atoms with Crippen LogP contribution in [0.2, 0.25) is 0 Å². The molecular formula is C126H82F6N4O3. The van der Waals surface area contributed by atoms with E-state index >= 15 is 26.3 Å². The van der Waals surface area contributed by atoms with Crippen molar-refractivity contribution in [3.63, 3.8) is 0 Å². The molecule has 20 aromatic carbocycles. The van der Waals surface area contributed by atoms with Gasteiger partial charge in [0.05, 0.1) is 10.8 Å². The average Bonchev–Trinajstić information content (AvgIpc) is 1.54. The van der Waals surface area contributed by atoms with E-state index in [4.69, 9.17) is 13.9 Å². The zero-order chi connectivity index (χ0) is 94.0. The van der Waals surface area contributed by atoms with Crippen molar-refractivity contribution >= 4 is 102 Å². The van der Waals surface area contributed by atoms with Crippen LogP contribution >= 0.6 is 0 Å². The summed E-state index contributed by atoms with van der Waals surface area (Å²) < 4.78 is 110. The van der Waals surface area contributed by atoms with Crippen LogP contribution in [0.25, 0.3) is 78.6 Å². The van der Waals surface area contributed by atoms with E-state index in [1.54, 1.807) is 60.7 Å². The SMILES string of the molecule is C=Cc1ccc(Oc2ccc(C3(c4ccc(F)cc4)c4ccccc4-c4ccc(N(c5ccc(F)cc5)c5ccc(-c6ccc(N(c7ccc(F)cc7)c7ccc8oc9ccc(N(c%10ccc(F)cc%10)c%10ccc(-c%11ccc(N(c%12ccc(F)cc%12)c%12ccc%13c(c%12)C(c%12ccc(F)cc%12)(c%12ccc(Oc%14ccc(C=C)cc%14)cc%12)c%12ccccc%12-%13)cc%11)cc%10)cc9c8c7)cc6)cc5)cc43)cc2)cc1. The van der Waals surface area contributed by atoms with Gasteiger partial charge in [-0.15, -0.1) is 0 Å². The third kappa shape index (κ3) is 15.5. The van der Waals surface area contributed by atoms with Crippen molar-refractivity contribution in [2.24, 2.45) is 0 Å². The van der Waals surface area contributed by atoms with Crippen LogP contribution in [0.5, 0.6) is 23.0 Å². The Balaban J connectivity index is 0.546. The van der Waals surface area contributed by atoms with E-state index < -0.39 is 10.8 Å². The van der Waals surface area contributed by atoms with Crippen LogP contribution in [0.3, 0.4) is 0 Å². The van der Waals surface area contributed by atoms with Gasteiger partial charge in [0.2, 0.25) is 0 Å². The molecule has 2 unspecified atom stereocenters. The molecule has 23 rings (SSSR count). The maximum Gasteiger partial charge on any atom is 0.135 e. The first kappa shape index (κ1) is 85.3. The molecule has 7 nitrogen and oxygen atoms in total. The van der Waals surface area contributed by atoms with Crippen molar-refractivity contribution in [3.8, 4) is 67.5 Å². The second-order valence-electron chi connectivity index (χ2n) is 34.8. The predicted octanol–water partition coefficient (Wildman–Crippen LogP) is 35.2. The normalized spacial score (nSPS) is 13.8. The number of ether oxygens (including phenoxy) is 2. The molecule has 0 saturated heterocycles. The van der Waals surface area contributed by atoms with E-state index in [9.17, 15) is 0 Å². The highest BCUT2D eigenvalue weighted by Crippen LogP contribution is 2.61. The second-order valence-corrected chi connectivity index (χ2v) is 34.8. The Morgan fingerprint density at radius 3 is 0.698 bits per heavy atom. The van der Waals surface area contributed by atoms with Crippen LogP contribution in [0, 0.1) is 34.9 Å². The summed E-state index contributed by atoms with van der Waals surface area (Å²) >= 11 is 0. The summed E-state index contributed by atoms with van der Waals surface area (Å²) in [6, 6.07) is 146. The largest absolute Gasteiger partial charge is 0.457 e. The van der Waals surface area contributed by atoms with Gasteiger partial charge in [-0.3, -0.25) is 0 Å². The molecule has 139 heavy (non-hydrogen) atoms. The molecule has 13 heteroatoms. The van der Waals surface area contributed by atoms with Gasteiger partial charge >= 0.3 is 0 Å². The van der Waals surface area contributed by atoms with Gasteiger partial charge in [0.25, 0.3) is 0 Å². The van der Waals surface area contributed by atoms with Gasteiger partial charge in [-0.25, -0.2) is 26.3 Å². The minimum atomic E-state index is -0.925. The van der Waals surface area contributed by atoms with Crippen molar-refractivity contribution in [2.75, 3.05) is 19.6 Å². The van der Waals surface area contributed by atoms with Crippen LogP contribution in [0.15, 0.2) is 479 Å². The lowest BCUT2D eigenvalue weighted by molar-refractivity contribution is 0.482. The average molecular weight is 1810 g/mol. The van der Waals surface area contributed by atoms with Crippen LogP contribution in [0.1, 0.15) is 55.6 Å². The summed E-state index contributed by atoms with van der Waals surface area (Å²) in [5, 5.41) is 1.65. The number of benzene rings is 20. The lowest BCUT2D eigenvalue weighted by atomic mass is 9.67. The molecule has 666 valence electrons. The Morgan fingerprint density at radius 1 is 0.209 bits per heavy atom. The van der Waals surface area contributed by atoms with Gasteiger partial charge in [0.1, 0.15) is 69.1 Å². The van der Waals surface area contributed by atoms with Gasteiger partial charge in [-0.05, 0) is 379 Å². The predicted molar refractivity (Wildman–Crippen MR) is 551 cm³/mol. The fourth-order valence-electron chi connectivity index (χ4n) is 20.3. The first-order valence-corrected chi connectivity index (χ1v) is 45.8. The van der Waals surface area contributed by atoms with E-state index in [-0.39, 0.29) is 34.9 Å². The molecule has 0 spiro atoms. The minimum Gasteiger partial charge on any atom is -0.457 e. The van der Waals surface area contributed by atoms with E-state index in [1.807, 2.05) is 146 Å². The van der Waals surface area contributed by atoms with Gasteiger partial charge in [0, 0.05) is 79.0 Å². The summed E-state index contributed by atoms with van der Waals surface area (Å²) in [7, 11) is 0. The summed E-state index contributed by atoms with van der Waals surface area (Å²) in [4.78, 5) is 8.42. The van der Waals surface area contributed by atoms with E-state index in [0.29, 0.717) is 45.5 Å². The molecule has 0 fully saturated rings. The fourth-order valence-corrected chi connectivity index (χ4v) is 20.3. The number of nitrogens with zero attached hydrogens (tertiary/aromatic N) is 4. The third-order valence-corrected chi connectivity index (χ3v) is 26.9. The van der Waals surface area contributed by atoms with Crippen LogP contribution < -0.4 is 29.1 Å². The highest BCUT2D eigenvalue weighted by molar-refractivity contribution is 6.08. The Hall–Kier alpha value is -17.9. The smallest absolute Gasteiger partial charge is 0.135 e. The molecule has 0 saturated carbocycles. The lowest BCUT2D eigenvalue weighted by Crippen LogP contribution is -2.28. The molecule has 2 aliphatic carbocycles. The van der Waals surface area contributed by atoms with Crippen molar-refractivity contribution in [3.05, 3.63) is 565 Å². The topological polar surface area (TPSA) is 44.6 Å². The summed E-state index contributed by atoms with van der Waals surface area (Å²) in [6.07, 6.45) is 3.58. The Morgan fingerprint density at radius 2 is 0.424 bits per heavy atom. The van der Waals surface area contributed by atoms with Gasteiger partial charge < -0.3 is 33.5 Å². The Bertz CT molecular complexity index is 7730. The highest BCUT2D eigenvalue weighted by atomic mass is 19.1. The van der Waals surface area contributed by atoms with Crippen LogP contribution in [0.4, 0.5) is 94.6 Å². The number of fused-ring (bicyclic) bond motifs is 9. The van der Waals surface area contributed by atoms with E-state index in [0.717, 1.165) is 168 Å². The van der Waals surface area contributed by atoms with Crippen molar-refractivity contribution in [1.82, 2.24) is 0 Å². The summed E-state index contributed by atoms with van der Waals surface area (Å²) in [6.45, 7) is 7.79. The number of hydrogen-bond acceptors (Lipinski definition) is 7. The summed E-state index contributed by atoms with van der Waals surface area (Å²) in [5.41, 5.74) is 26.3. The van der Waals surface area contributed by atoms with E-state index in [2.05, 4.69) is 227 Å². The molecule has 0 aliphatic heterocycles. The first-order valence-electron chi connectivity index (χ1n) is 45.8. The molecule has 0 amide bonds. The van der Waals surface area contributed by atoms with Gasteiger partial charge in [-0.1, -0.05) is 207 Å². The molecule has 0 bridgehead atoms. The van der Waals surface area contributed by atoms with Crippen molar-refractivity contribution < 1.29 is 40.2 Å². The van der Waals surface area contributed by atoms with Gasteiger partial charge in [-0.2, -0.15) is 0 Å². The number of rotatable bonds is 24. The minimum absolute atomic E-state index is 0.348. The standard InChI is InChI=1S/C126H82F6N4O3/c1-3-81-13-65-109(66-14-81)137-111-69-29-89(30-70-111)125(87-25-33-91(127)34-26-87)119-11-7-5-9-113(119)115-73-61-107(79-121(115)125)135(103-57-41-95(131)42-58-103)99-49-21-85(22-50-99)83-17-45-97(46-18-83)133(101-53-37-93(129)38-54-101)105-63-75-123-117(77-105)118-78-106(64-76-124(118)139-123)134(102-55-39-94(130)40-56-102)98-47-19-84(20-48-98)86-23-51-100(52-24-86)136(104-59-43-96(132)44-60-104)108-62-74-116-114-10-6-8-12-120(114)126(122(116)80-108,88-27-35-92(128)36-28-88)90-31-71-112(72-32-90)138-110-67-15-82(4-2)16-68-110/h3-80H,1-2H2. The van der Waals surface area contributed by atoms with Crippen LogP contribution in [-0.4, -0.2) is 0 Å². The monoisotopic (exact) mass is 1810 g/mol. The molecule has 0 N–H and O–H groups in total. The lowest BCUT2D eigenvalue weighted by Gasteiger charge is -2.35. The zero-order valence-corrected chi connectivity index (χ0v) is 74.7. The molecule has 1 aromatic heterocycles. The maximum absolute atomic E-state index is 15.2. The van der Waals surface area contributed by atoms with Gasteiger partial charge in [0.15, 0.2) is 0 Å². The summed E-state index contributed by atoms with van der Waals surface area (Å²) in [5.74, 6) is 0.480. The Kier molecular flexibility index (Phi) is 21.8. The molecule has 21 aromatic rings. The second kappa shape index (κ2) is 35.5. The number of anilines is 12. The first-order chi connectivity index (χ1) is 68.1. The number of halogens is 6. The molecule has 2 atom stereocenters. The number of hydrogen-bond donors (Lipinski definition) is 0. The third-order valence-electron chi connectivity index (χ3n) is 26.9. The Labute approximate surface area is 800 Å². The van der Waals surface area contributed by atoms with Crippen molar-refractivity contribution in [1.29, 1.82) is 0 Å². The quantitative estimate of drug-likeness (QED) is 0.0559. The molecule has 1 heterocycles. The van der Waals surface area contributed by atoms with E-state index in [1.165, 1.54) is 72.8 Å². The molecule has 0 radical (unpaired) electrons. The number of furan rings is 1. The molecule has 2 aliphatic rings. The zero-order valence-electron chi connectivity index (χ0n) is 74.7. The molecular weight excluding hydrogens is 1730 g/mol. The fraction of sp³-hybridized carbons (Fsp3) is 0.0159. The van der Waals surface area contributed by atoms with Crippen molar-refractivity contribution in [2.45, 2.75) is 10.8 Å². The van der Waals surface area contributed by atoms with Crippen LogP contribution in [-0.2, 0) is 10.8 Å².